The monoisotopic (exact) mass is 363 g/mol. The van der Waals surface area contributed by atoms with E-state index in [1.165, 1.54) is 0 Å². The Bertz CT molecular complexity index is 680. The molecule has 0 bridgehead atoms. The van der Waals surface area contributed by atoms with Crippen LogP contribution < -0.4 is 15.8 Å². The lowest BCUT2D eigenvalue weighted by molar-refractivity contribution is -0.117. The Morgan fingerprint density at radius 3 is 2.46 bits per heavy atom. The van der Waals surface area contributed by atoms with Crippen LogP contribution in [0.4, 0.5) is 11.4 Å². The first-order valence-electron chi connectivity index (χ1n) is 7.83. The van der Waals surface area contributed by atoms with Crippen molar-refractivity contribution in [3.8, 4) is 0 Å². The van der Waals surface area contributed by atoms with Gasteiger partial charge < -0.3 is 11.1 Å². The number of benzene rings is 1. The molecule has 0 aliphatic heterocycles. The number of carbonyl (C=O) groups excluding carboxylic acids is 1. The molecule has 0 radical (unpaired) electrons. The summed E-state index contributed by atoms with van der Waals surface area (Å²) >= 11 is 3.29. The van der Waals surface area contributed by atoms with E-state index in [9.17, 15) is 4.79 Å². The number of hydrogen-bond donors (Lipinski definition) is 3. The zero-order chi connectivity index (χ0) is 17.8. The van der Waals surface area contributed by atoms with Gasteiger partial charge >= 0.3 is 0 Å². The lowest BCUT2D eigenvalue weighted by Gasteiger charge is -2.32. The van der Waals surface area contributed by atoms with Crippen LogP contribution >= 0.6 is 23.3 Å². The molecule has 1 amide bonds. The van der Waals surface area contributed by atoms with Gasteiger partial charge in [-0.05, 0) is 51.3 Å². The molecule has 0 spiro atoms. The molecule has 130 valence electrons. The van der Waals surface area contributed by atoms with Crippen LogP contribution in [-0.4, -0.2) is 10.7 Å². The first-order chi connectivity index (χ1) is 11.2. The van der Waals surface area contributed by atoms with Crippen molar-refractivity contribution in [2.45, 2.75) is 44.4 Å². The molecule has 1 aromatic carbocycles. The zero-order valence-corrected chi connectivity index (χ0v) is 16.2. The number of nitrogens with one attached hydrogen (secondary N) is 2. The molecule has 4 N–H and O–H groups in total. The molecule has 1 aromatic heterocycles. The lowest BCUT2D eigenvalue weighted by atomic mass is 9.96. The fraction of sp³-hybridized carbons (Fsp3) is 0.389. The maximum Gasteiger partial charge on any atom is 0.226 e. The van der Waals surface area contributed by atoms with Gasteiger partial charge in [0, 0.05) is 9.62 Å². The molecule has 1 atom stereocenters. The van der Waals surface area contributed by atoms with E-state index in [4.69, 9.17) is 5.73 Å². The van der Waals surface area contributed by atoms with Gasteiger partial charge in [-0.15, -0.1) is 11.3 Å². The van der Waals surface area contributed by atoms with E-state index in [2.05, 4.69) is 43.8 Å². The summed E-state index contributed by atoms with van der Waals surface area (Å²) in [5.41, 5.74) is 6.69. The van der Waals surface area contributed by atoms with Crippen molar-refractivity contribution >= 4 is 40.6 Å². The van der Waals surface area contributed by atoms with E-state index in [1.54, 1.807) is 29.4 Å². The molecule has 1 heterocycles. The molecule has 0 aliphatic rings. The minimum atomic E-state index is -0.445. The second-order valence-corrected chi connectivity index (χ2v) is 9.52. The average molecular weight is 364 g/mol. The average Bonchev–Trinajstić information content (AvgIpc) is 3.02. The predicted octanol–water partition coefficient (Wildman–Crippen LogP) is 4.61. The first-order valence-corrected chi connectivity index (χ1v) is 9.53. The van der Waals surface area contributed by atoms with Gasteiger partial charge in [-0.25, -0.2) is 0 Å². The third-order valence-electron chi connectivity index (χ3n) is 3.40. The lowest BCUT2D eigenvalue weighted by Crippen LogP contribution is -2.40. The number of amides is 1. The third kappa shape index (κ3) is 5.26. The van der Waals surface area contributed by atoms with Gasteiger partial charge in [0.2, 0.25) is 5.91 Å². The highest BCUT2D eigenvalue weighted by atomic mass is 32.2. The predicted molar refractivity (Wildman–Crippen MR) is 106 cm³/mol. The Hall–Kier alpha value is -1.50. The smallest absolute Gasteiger partial charge is 0.226 e. The summed E-state index contributed by atoms with van der Waals surface area (Å²) in [4.78, 5) is 13.7. The van der Waals surface area contributed by atoms with E-state index in [0.717, 1.165) is 4.88 Å². The van der Waals surface area contributed by atoms with Crippen molar-refractivity contribution < 1.29 is 4.79 Å². The number of anilines is 2. The Balaban J connectivity index is 2.13. The van der Waals surface area contributed by atoms with Gasteiger partial charge in [0.1, 0.15) is 0 Å². The fourth-order valence-corrected chi connectivity index (χ4v) is 3.78. The molecule has 0 fully saturated rings. The van der Waals surface area contributed by atoms with Crippen molar-refractivity contribution in [1.82, 2.24) is 4.72 Å². The maximum absolute atomic E-state index is 12.6. The Morgan fingerprint density at radius 1 is 1.17 bits per heavy atom. The molecular formula is C18H25N3OS2. The Kier molecular flexibility index (Phi) is 5.96. The summed E-state index contributed by atoms with van der Waals surface area (Å²) in [6, 6.07) is 11.4. The van der Waals surface area contributed by atoms with Crippen molar-refractivity contribution in [2.75, 3.05) is 11.1 Å². The number of carbonyl (C=O) groups is 1. The minimum Gasteiger partial charge on any atom is -0.397 e. The molecule has 0 saturated carbocycles. The van der Waals surface area contributed by atoms with Crippen LogP contribution in [0.1, 0.15) is 39.0 Å². The number of nitrogen functional groups attached to an aromatic ring is 1. The topological polar surface area (TPSA) is 67.2 Å². The Morgan fingerprint density at radius 2 is 1.88 bits per heavy atom. The van der Waals surface area contributed by atoms with Crippen molar-refractivity contribution in [1.29, 1.82) is 0 Å². The van der Waals surface area contributed by atoms with Crippen molar-refractivity contribution in [3.63, 3.8) is 0 Å². The third-order valence-corrected chi connectivity index (χ3v) is 5.70. The Labute approximate surface area is 152 Å². The highest BCUT2D eigenvalue weighted by molar-refractivity contribution is 7.98. The van der Waals surface area contributed by atoms with E-state index in [1.807, 2.05) is 29.6 Å². The SMILES string of the molecule is CC(C)(C)SN[C@@](C)(CC(=O)Nc1ccccc1N)c1cccs1. The quantitative estimate of drug-likeness (QED) is 0.518. The fourth-order valence-electron chi connectivity index (χ4n) is 2.16. The highest BCUT2D eigenvalue weighted by Gasteiger charge is 2.32. The van der Waals surface area contributed by atoms with Crippen molar-refractivity contribution in [3.05, 3.63) is 46.7 Å². The van der Waals surface area contributed by atoms with Gasteiger partial charge in [0.05, 0.1) is 23.3 Å². The highest BCUT2D eigenvalue weighted by Crippen LogP contribution is 2.34. The van der Waals surface area contributed by atoms with E-state index < -0.39 is 5.54 Å². The molecule has 24 heavy (non-hydrogen) atoms. The molecular weight excluding hydrogens is 338 g/mol. The van der Waals surface area contributed by atoms with E-state index in [-0.39, 0.29) is 10.7 Å². The molecule has 4 nitrogen and oxygen atoms in total. The molecule has 0 saturated heterocycles. The number of nitrogens with two attached hydrogens (primary N) is 1. The number of rotatable bonds is 6. The minimum absolute atomic E-state index is 0.0544. The van der Waals surface area contributed by atoms with Crippen LogP contribution in [0, 0.1) is 0 Å². The number of thiophene rings is 1. The molecule has 6 heteroatoms. The van der Waals surface area contributed by atoms with Gasteiger partial charge in [0.15, 0.2) is 0 Å². The second kappa shape index (κ2) is 7.59. The van der Waals surface area contributed by atoms with E-state index >= 15 is 0 Å². The standard InChI is InChI=1S/C18H25N3OS2/c1-17(2,3)24-21-18(4,15-10-7-11-23-15)12-16(22)20-14-9-6-5-8-13(14)19/h5-11,21H,12,19H2,1-4H3,(H,20,22)/t18-/m0/s1. The summed E-state index contributed by atoms with van der Waals surface area (Å²) in [6.45, 7) is 8.49. The summed E-state index contributed by atoms with van der Waals surface area (Å²) in [5.74, 6) is -0.0641. The van der Waals surface area contributed by atoms with Gasteiger partial charge in [0.25, 0.3) is 0 Å². The van der Waals surface area contributed by atoms with Crippen LogP contribution in [0.3, 0.4) is 0 Å². The molecule has 2 aromatic rings. The van der Waals surface area contributed by atoms with Crippen LogP contribution in [-0.2, 0) is 10.3 Å². The summed E-state index contributed by atoms with van der Waals surface area (Å²) in [6.07, 6.45) is 0.324. The molecule has 0 aliphatic carbocycles. The van der Waals surface area contributed by atoms with E-state index in [0.29, 0.717) is 17.8 Å². The zero-order valence-electron chi connectivity index (χ0n) is 14.6. The maximum atomic E-state index is 12.6. The van der Waals surface area contributed by atoms with Gasteiger partial charge in [-0.3, -0.25) is 9.52 Å². The van der Waals surface area contributed by atoms with Gasteiger partial charge in [-0.1, -0.05) is 30.1 Å². The van der Waals surface area contributed by atoms with Crippen LogP contribution in [0.25, 0.3) is 0 Å². The van der Waals surface area contributed by atoms with Crippen LogP contribution in [0.5, 0.6) is 0 Å². The molecule has 2 rings (SSSR count). The summed E-state index contributed by atoms with van der Waals surface area (Å²) < 4.78 is 3.56. The van der Waals surface area contributed by atoms with Crippen molar-refractivity contribution in [2.24, 2.45) is 0 Å². The first kappa shape index (κ1) is 18.8. The van der Waals surface area contributed by atoms with Gasteiger partial charge in [-0.2, -0.15) is 0 Å². The summed E-state index contributed by atoms with van der Waals surface area (Å²) in [7, 11) is 0. The molecule has 0 unspecified atom stereocenters. The second-order valence-electron chi connectivity index (χ2n) is 6.94. The normalized spacial score (nSPS) is 14.2. The van der Waals surface area contributed by atoms with Crippen LogP contribution in [0.2, 0.25) is 0 Å². The largest absolute Gasteiger partial charge is 0.397 e. The number of para-hydroxylation sites is 2. The number of hydrogen-bond acceptors (Lipinski definition) is 5. The van der Waals surface area contributed by atoms with Crippen LogP contribution in [0.15, 0.2) is 41.8 Å². The summed E-state index contributed by atoms with van der Waals surface area (Å²) in [5, 5.41) is 4.95.